The molecule has 30 heavy (non-hydrogen) atoms. The maximum Gasteiger partial charge on any atom is 0.220 e. The second-order valence-electron chi connectivity index (χ2n) is 6.90. The van der Waals surface area contributed by atoms with Crippen LogP contribution in [0.15, 0.2) is 77.9 Å². The summed E-state index contributed by atoms with van der Waals surface area (Å²) >= 11 is 7.58. The molecule has 1 aliphatic rings. The van der Waals surface area contributed by atoms with E-state index in [0.29, 0.717) is 22.4 Å². The normalized spacial score (nSPS) is 13.6. The smallest absolute Gasteiger partial charge is 0.220 e. The number of ether oxygens (including phenoxy) is 2. The number of aliphatic hydroxyl groups is 1. The van der Waals surface area contributed by atoms with E-state index in [1.54, 1.807) is 42.2 Å². The Bertz CT molecular complexity index is 1070. The largest absolute Gasteiger partial charge is 0.491 e. The van der Waals surface area contributed by atoms with Gasteiger partial charge in [-0.3, -0.25) is 0 Å². The molecule has 1 atom stereocenters. The van der Waals surface area contributed by atoms with Crippen LogP contribution < -0.4 is 9.47 Å². The van der Waals surface area contributed by atoms with E-state index in [0.717, 1.165) is 23.3 Å². The van der Waals surface area contributed by atoms with Crippen LogP contribution in [0.5, 0.6) is 11.5 Å². The maximum atomic E-state index is 10.2. The zero-order chi connectivity index (χ0) is 20.8. The van der Waals surface area contributed by atoms with Crippen LogP contribution in [0.3, 0.4) is 0 Å². The minimum atomic E-state index is -0.519. The molecular formula is C24H22ClNO3S. The summed E-state index contributed by atoms with van der Waals surface area (Å²) in [5, 5.41) is 13.1. The summed E-state index contributed by atoms with van der Waals surface area (Å²) in [4.78, 5) is 4.08. The molecule has 1 heterocycles. The summed E-state index contributed by atoms with van der Waals surface area (Å²) in [6.45, 7) is 0.266. The zero-order valence-electron chi connectivity index (χ0n) is 16.3. The average Bonchev–Trinajstić information content (AvgIpc) is 2.73. The number of fused-ring (bicyclic) bond motifs is 1. The summed E-state index contributed by atoms with van der Waals surface area (Å²) in [5.41, 5.74) is 1.27. The van der Waals surface area contributed by atoms with Gasteiger partial charge in [0.05, 0.1) is 6.10 Å². The fourth-order valence-electron chi connectivity index (χ4n) is 3.13. The van der Waals surface area contributed by atoms with Gasteiger partial charge < -0.3 is 14.6 Å². The summed E-state index contributed by atoms with van der Waals surface area (Å²) in [6.07, 6.45) is 3.96. The molecule has 1 aliphatic heterocycles. The number of rotatable bonds is 9. The summed E-state index contributed by atoms with van der Waals surface area (Å²) < 4.78 is 11.5. The van der Waals surface area contributed by atoms with Crippen LogP contribution >= 0.6 is 23.4 Å². The van der Waals surface area contributed by atoms with Crippen molar-refractivity contribution in [1.82, 2.24) is 0 Å². The van der Waals surface area contributed by atoms with E-state index >= 15 is 0 Å². The molecule has 0 radical (unpaired) electrons. The van der Waals surface area contributed by atoms with Crippen LogP contribution in [-0.4, -0.2) is 35.2 Å². The Morgan fingerprint density at radius 2 is 1.77 bits per heavy atom. The predicted molar refractivity (Wildman–Crippen MR) is 125 cm³/mol. The molecule has 0 saturated heterocycles. The van der Waals surface area contributed by atoms with Crippen molar-refractivity contribution in [3.8, 4) is 11.5 Å². The first-order valence-electron chi connectivity index (χ1n) is 9.76. The highest BCUT2D eigenvalue weighted by Crippen LogP contribution is 2.29. The molecule has 0 aliphatic carbocycles. The van der Waals surface area contributed by atoms with E-state index in [1.165, 1.54) is 10.9 Å². The van der Waals surface area contributed by atoms with Gasteiger partial charge in [0.25, 0.3) is 0 Å². The van der Waals surface area contributed by atoms with Gasteiger partial charge in [0.2, 0.25) is 5.90 Å². The maximum absolute atomic E-state index is 10.2. The molecule has 6 heteroatoms. The first-order valence-corrected chi connectivity index (χ1v) is 11.3. The van der Waals surface area contributed by atoms with Crippen LogP contribution in [0.2, 0.25) is 5.02 Å². The molecule has 1 N–H and O–H groups in total. The molecule has 1 unspecified atom stereocenters. The molecule has 0 fully saturated rings. The van der Waals surface area contributed by atoms with Crippen molar-refractivity contribution in [2.45, 2.75) is 12.5 Å². The third kappa shape index (κ3) is 5.36. The lowest BCUT2D eigenvalue weighted by Crippen LogP contribution is -2.20. The van der Waals surface area contributed by atoms with Crippen molar-refractivity contribution in [2.24, 2.45) is 4.99 Å². The number of nitrogens with zero attached hydrogens (tertiary/aromatic N) is 1. The van der Waals surface area contributed by atoms with Gasteiger partial charge in [-0.15, -0.1) is 0 Å². The third-order valence-electron chi connectivity index (χ3n) is 4.69. The Labute approximate surface area is 185 Å². The lowest BCUT2D eigenvalue weighted by Gasteiger charge is -2.14. The first kappa shape index (κ1) is 20.8. The fourth-order valence-corrected chi connectivity index (χ4v) is 4.16. The van der Waals surface area contributed by atoms with Gasteiger partial charge >= 0.3 is 0 Å². The number of benzene rings is 3. The predicted octanol–water partition coefficient (Wildman–Crippen LogP) is 5.51. The number of hydrogen-bond donors (Lipinski definition) is 1. The minimum absolute atomic E-state index is 0.266. The Hall–Kier alpha value is -2.47. The van der Waals surface area contributed by atoms with Crippen molar-refractivity contribution in [2.75, 3.05) is 18.1 Å². The van der Waals surface area contributed by atoms with Gasteiger partial charge in [0, 0.05) is 28.4 Å². The lowest BCUT2D eigenvalue weighted by atomic mass is 10.0. The van der Waals surface area contributed by atoms with Crippen molar-refractivity contribution < 1.29 is 14.6 Å². The van der Waals surface area contributed by atoms with E-state index in [2.05, 4.69) is 29.3 Å². The highest BCUT2D eigenvalue weighted by Gasteiger charge is 2.10. The van der Waals surface area contributed by atoms with E-state index in [1.807, 2.05) is 18.2 Å². The lowest BCUT2D eigenvalue weighted by molar-refractivity contribution is 0.126. The van der Waals surface area contributed by atoms with Crippen LogP contribution in [0.1, 0.15) is 5.56 Å². The van der Waals surface area contributed by atoms with Gasteiger partial charge in [-0.1, -0.05) is 41.9 Å². The Kier molecular flexibility index (Phi) is 6.95. The number of aliphatic hydroxyl groups excluding tert-OH is 1. The van der Waals surface area contributed by atoms with Crippen molar-refractivity contribution in [1.29, 1.82) is 0 Å². The zero-order valence-corrected chi connectivity index (χ0v) is 17.9. The second-order valence-corrected chi connectivity index (χ2v) is 8.48. The van der Waals surface area contributed by atoms with Crippen LogP contribution in [0.4, 0.5) is 0 Å². The van der Waals surface area contributed by atoms with Gasteiger partial charge in [0.1, 0.15) is 18.1 Å². The fraction of sp³-hybridized carbons (Fsp3) is 0.208. The number of aryl methyl sites for hydroxylation is 1. The Balaban J connectivity index is 1.27. The van der Waals surface area contributed by atoms with E-state index in [4.69, 9.17) is 21.1 Å². The topological polar surface area (TPSA) is 51.0 Å². The van der Waals surface area contributed by atoms with E-state index < -0.39 is 6.10 Å². The van der Waals surface area contributed by atoms with E-state index in [9.17, 15) is 5.11 Å². The SMILES string of the molecule is OC(COc1ccc(Cl)cc1)CSCCc1cccc2c(OC3=NC=C3)cccc12. The van der Waals surface area contributed by atoms with E-state index in [-0.39, 0.29) is 6.61 Å². The third-order valence-corrected chi connectivity index (χ3v) is 6.05. The van der Waals surface area contributed by atoms with Crippen molar-refractivity contribution >= 4 is 40.0 Å². The highest BCUT2D eigenvalue weighted by molar-refractivity contribution is 7.99. The minimum Gasteiger partial charge on any atom is -0.491 e. The molecule has 154 valence electrons. The molecule has 0 bridgehead atoms. The monoisotopic (exact) mass is 439 g/mol. The number of aliphatic imine (C=N–C) groups is 1. The second kappa shape index (κ2) is 10.0. The summed E-state index contributed by atoms with van der Waals surface area (Å²) in [6, 6.07) is 19.5. The highest BCUT2D eigenvalue weighted by atomic mass is 35.5. The molecular weight excluding hydrogens is 418 g/mol. The molecule has 4 nitrogen and oxygen atoms in total. The van der Waals surface area contributed by atoms with Gasteiger partial charge in [0.15, 0.2) is 0 Å². The number of thioether (sulfide) groups is 1. The Morgan fingerprint density at radius 3 is 2.53 bits per heavy atom. The van der Waals surface area contributed by atoms with Crippen LogP contribution in [-0.2, 0) is 6.42 Å². The van der Waals surface area contributed by atoms with Crippen molar-refractivity contribution in [3.05, 3.63) is 83.5 Å². The number of hydrogen-bond acceptors (Lipinski definition) is 5. The summed E-state index contributed by atoms with van der Waals surface area (Å²) in [5.74, 6) is 3.70. The standard InChI is InChI=1S/C24H22ClNO3S/c25-18-7-9-20(10-8-18)28-15-19(27)16-30-14-12-17-3-1-5-22-21(17)4-2-6-23(22)29-24-11-13-26-24/h1-11,13,19,27H,12,14-16H2. The molecule has 0 saturated carbocycles. The molecule has 4 rings (SSSR count). The quantitative estimate of drug-likeness (QED) is 0.446. The van der Waals surface area contributed by atoms with Gasteiger partial charge in [-0.25, -0.2) is 4.99 Å². The molecule has 3 aromatic carbocycles. The summed E-state index contributed by atoms with van der Waals surface area (Å²) in [7, 11) is 0. The average molecular weight is 440 g/mol. The molecule has 0 spiro atoms. The van der Waals surface area contributed by atoms with Crippen molar-refractivity contribution in [3.63, 3.8) is 0 Å². The molecule has 0 aromatic heterocycles. The molecule has 0 amide bonds. The molecule has 3 aromatic rings. The van der Waals surface area contributed by atoms with Crippen LogP contribution in [0, 0.1) is 0 Å². The number of halogens is 1. The van der Waals surface area contributed by atoms with Crippen LogP contribution in [0.25, 0.3) is 10.8 Å². The van der Waals surface area contributed by atoms with Gasteiger partial charge in [-0.05, 0) is 53.5 Å². The Morgan fingerprint density at radius 1 is 1.00 bits per heavy atom. The first-order chi connectivity index (χ1) is 14.7. The van der Waals surface area contributed by atoms with Gasteiger partial charge in [-0.2, -0.15) is 11.8 Å².